The van der Waals surface area contributed by atoms with Gasteiger partial charge in [0.15, 0.2) is 11.5 Å². The van der Waals surface area contributed by atoms with Gasteiger partial charge >= 0.3 is 5.97 Å². The first-order chi connectivity index (χ1) is 16.4. The molecule has 0 saturated carbocycles. The van der Waals surface area contributed by atoms with Crippen LogP contribution in [-0.4, -0.2) is 42.9 Å². The average molecular weight is 503 g/mol. The molecule has 2 aromatic carbocycles. The molecule has 0 bridgehead atoms. The summed E-state index contributed by atoms with van der Waals surface area (Å²) in [4.78, 5) is 28.7. The van der Waals surface area contributed by atoms with E-state index in [1.807, 2.05) is 24.3 Å². The maximum absolute atomic E-state index is 12.8. The van der Waals surface area contributed by atoms with Crippen molar-refractivity contribution in [3.63, 3.8) is 0 Å². The number of ether oxygens (including phenoxy) is 3. The Hall–Kier alpha value is -3.10. The molecule has 1 heterocycles. The van der Waals surface area contributed by atoms with Gasteiger partial charge in [-0.05, 0) is 49.2 Å². The number of hydrogen-bond acceptors (Lipinski definition) is 6. The van der Waals surface area contributed by atoms with Crippen molar-refractivity contribution in [2.75, 3.05) is 20.8 Å². The molecule has 3 aromatic rings. The van der Waals surface area contributed by atoms with E-state index in [2.05, 4.69) is 10.3 Å². The minimum absolute atomic E-state index is 0.169. The van der Waals surface area contributed by atoms with Crippen molar-refractivity contribution in [2.24, 2.45) is 0 Å². The summed E-state index contributed by atoms with van der Waals surface area (Å²) in [7, 11) is 3.14. The number of halogens is 1. The molecule has 1 atom stereocenters. The van der Waals surface area contributed by atoms with E-state index in [4.69, 9.17) is 25.8 Å². The number of hydrogen-bond donors (Lipinski definition) is 2. The highest BCUT2D eigenvalue weighted by molar-refractivity contribution is 8.00. The van der Waals surface area contributed by atoms with Crippen LogP contribution in [0.2, 0.25) is 5.02 Å². The first-order valence-corrected chi connectivity index (χ1v) is 11.9. The number of esters is 1. The van der Waals surface area contributed by atoms with E-state index in [1.165, 1.54) is 11.8 Å². The largest absolute Gasteiger partial charge is 0.493 e. The maximum Gasteiger partial charge on any atom is 0.341 e. The molecule has 180 valence electrons. The van der Waals surface area contributed by atoms with Crippen molar-refractivity contribution >= 4 is 35.2 Å². The van der Waals surface area contributed by atoms with Crippen molar-refractivity contribution in [3.05, 3.63) is 64.8 Å². The summed E-state index contributed by atoms with van der Waals surface area (Å²) in [6.45, 7) is 4.11. The van der Waals surface area contributed by atoms with Crippen LogP contribution in [0.15, 0.2) is 53.7 Å². The number of thioether (sulfide) groups is 1. The molecule has 1 aromatic heterocycles. The van der Waals surface area contributed by atoms with Gasteiger partial charge in [-0.25, -0.2) is 4.79 Å². The smallest absolute Gasteiger partial charge is 0.341 e. The summed E-state index contributed by atoms with van der Waals surface area (Å²) in [5.41, 5.74) is 2.78. The molecule has 9 heteroatoms. The number of H-pyrrole nitrogens is 1. The second-order valence-electron chi connectivity index (χ2n) is 7.30. The molecule has 1 amide bonds. The standard InChI is InChI=1S/C25H27ClN2O5S/c1-5-33-25(30)22-19(17-7-9-18(26)10-8-17)14-28-24(22)34-15(2)23(29)27-13-16-6-11-20(31-3)21(12-16)32-4/h6-12,14-15,28H,5,13H2,1-4H3,(H,27,29)/t15-/m0/s1. The summed E-state index contributed by atoms with van der Waals surface area (Å²) < 4.78 is 15.8. The fourth-order valence-electron chi connectivity index (χ4n) is 3.31. The SMILES string of the molecule is CCOC(=O)c1c(-c2ccc(Cl)cc2)c[nH]c1S[C@@H](C)C(=O)NCc1ccc(OC)c(OC)c1. The zero-order valence-corrected chi connectivity index (χ0v) is 21.0. The number of amides is 1. The van der Waals surface area contributed by atoms with Gasteiger partial charge in [-0.1, -0.05) is 41.6 Å². The van der Waals surface area contributed by atoms with Crippen molar-refractivity contribution in [1.82, 2.24) is 10.3 Å². The van der Waals surface area contributed by atoms with Crippen LogP contribution in [0.25, 0.3) is 11.1 Å². The van der Waals surface area contributed by atoms with E-state index < -0.39 is 11.2 Å². The van der Waals surface area contributed by atoms with Gasteiger partial charge in [0.2, 0.25) is 5.91 Å². The molecule has 0 fully saturated rings. The van der Waals surface area contributed by atoms with Crippen molar-refractivity contribution in [3.8, 4) is 22.6 Å². The Morgan fingerprint density at radius 1 is 1.09 bits per heavy atom. The Labute approximate surface area is 208 Å². The zero-order chi connectivity index (χ0) is 24.7. The average Bonchev–Trinajstić information content (AvgIpc) is 3.26. The second-order valence-corrected chi connectivity index (χ2v) is 9.09. The summed E-state index contributed by atoms with van der Waals surface area (Å²) in [6.07, 6.45) is 1.74. The third kappa shape index (κ3) is 6.07. The van der Waals surface area contributed by atoms with Gasteiger partial charge < -0.3 is 24.5 Å². The number of rotatable bonds is 10. The lowest BCUT2D eigenvalue weighted by Crippen LogP contribution is -2.30. The van der Waals surface area contributed by atoms with Crippen molar-refractivity contribution < 1.29 is 23.8 Å². The fraction of sp³-hybridized carbons (Fsp3) is 0.280. The molecule has 0 aliphatic heterocycles. The van der Waals surface area contributed by atoms with Gasteiger partial charge in [0, 0.05) is 23.3 Å². The summed E-state index contributed by atoms with van der Waals surface area (Å²) in [6, 6.07) is 12.7. The van der Waals surface area contributed by atoms with Crippen LogP contribution < -0.4 is 14.8 Å². The third-order valence-electron chi connectivity index (χ3n) is 5.06. The van der Waals surface area contributed by atoms with Crippen LogP contribution >= 0.6 is 23.4 Å². The molecule has 0 aliphatic carbocycles. The van der Waals surface area contributed by atoms with E-state index in [-0.39, 0.29) is 12.5 Å². The third-order valence-corrected chi connectivity index (χ3v) is 6.43. The van der Waals surface area contributed by atoms with Gasteiger partial charge in [-0.15, -0.1) is 0 Å². The van der Waals surface area contributed by atoms with Crippen LogP contribution in [-0.2, 0) is 16.1 Å². The van der Waals surface area contributed by atoms with Gasteiger partial charge in [0.1, 0.15) is 0 Å². The predicted octanol–water partition coefficient (Wildman–Crippen LogP) is 5.33. The Morgan fingerprint density at radius 3 is 2.44 bits per heavy atom. The van der Waals surface area contributed by atoms with Crippen LogP contribution in [0, 0.1) is 0 Å². The number of nitrogens with one attached hydrogen (secondary N) is 2. The summed E-state index contributed by atoms with van der Waals surface area (Å²) in [5.74, 6) is 0.597. The number of carbonyl (C=O) groups is 2. The first kappa shape index (κ1) is 25.5. The normalized spacial score (nSPS) is 11.6. The summed E-state index contributed by atoms with van der Waals surface area (Å²) >= 11 is 7.27. The minimum atomic E-state index is -0.468. The van der Waals surface area contributed by atoms with Crippen LogP contribution in [0.5, 0.6) is 11.5 Å². The lowest BCUT2D eigenvalue weighted by molar-refractivity contribution is -0.120. The molecular formula is C25H27ClN2O5S. The Morgan fingerprint density at radius 2 is 1.79 bits per heavy atom. The van der Waals surface area contributed by atoms with E-state index in [0.29, 0.717) is 39.2 Å². The minimum Gasteiger partial charge on any atom is -0.493 e. The fourth-order valence-corrected chi connectivity index (χ4v) is 4.42. The van der Waals surface area contributed by atoms with Crippen molar-refractivity contribution in [1.29, 1.82) is 0 Å². The molecule has 3 rings (SSSR count). The number of carbonyl (C=O) groups excluding carboxylic acids is 2. The molecule has 0 aliphatic rings. The Balaban J connectivity index is 1.74. The molecule has 34 heavy (non-hydrogen) atoms. The van der Waals surface area contributed by atoms with E-state index >= 15 is 0 Å². The van der Waals surface area contributed by atoms with E-state index in [0.717, 1.165) is 11.1 Å². The number of benzene rings is 2. The molecule has 7 nitrogen and oxygen atoms in total. The number of aromatic nitrogens is 1. The van der Waals surface area contributed by atoms with E-state index in [1.54, 1.807) is 52.5 Å². The lowest BCUT2D eigenvalue weighted by Gasteiger charge is -2.14. The van der Waals surface area contributed by atoms with Crippen LogP contribution in [0.3, 0.4) is 0 Å². The molecule has 0 radical (unpaired) electrons. The topological polar surface area (TPSA) is 89.7 Å². The van der Waals surface area contributed by atoms with Gasteiger partial charge in [-0.3, -0.25) is 4.79 Å². The second kappa shape index (κ2) is 11.9. The molecule has 0 saturated heterocycles. The Bertz CT molecular complexity index is 1150. The molecule has 0 unspecified atom stereocenters. The van der Waals surface area contributed by atoms with Crippen LogP contribution in [0.4, 0.5) is 0 Å². The first-order valence-electron chi connectivity index (χ1n) is 10.7. The van der Waals surface area contributed by atoms with E-state index in [9.17, 15) is 9.59 Å². The molecule has 2 N–H and O–H groups in total. The monoisotopic (exact) mass is 502 g/mol. The highest BCUT2D eigenvalue weighted by atomic mass is 35.5. The highest BCUT2D eigenvalue weighted by Gasteiger charge is 2.25. The predicted molar refractivity (Wildman–Crippen MR) is 134 cm³/mol. The van der Waals surface area contributed by atoms with Crippen molar-refractivity contribution in [2.45, 2.75) is 30.7 Å². The van der Waals surface area contributed by atoms with Crippen LogP contribution in [0.1, 0.15) is 29.8 Å². The number of methoxy groups -OCH3 is 2. The zero-order valence-electron chi connectivity index (χ0n) is 19.4. The lowest BCUT2D eigenvalue weighted by atomic mass is 10.1. The van der Waals surface area contributed by atoms with Gasteiger partial charge in [0.25, 0.3) is 0 Å². The quantitative estimate of drug-likeness (QED) is 0.288. The molecule has 0 spiro atoms. The van der Waals surface area contributed by atoms with Gasteiger partial charge in [0.05, 0.1) is 36.7 Å². The Kier molecular flexibility index (Phi) is 8.90. The maximum atomic E-state index is 12.8. The highest BCUT2D eigenvalue weighted by Crippen LogP contribution is 2.35. The summed E-state index contributed by atoms with van der Waals surface area (Å²) in [5, 5.41) is 3.63. The van der Waals surface area contributed by atoms with Gasteiger partial charge in [-0.2, -0.15) is 0 Å². The molecular weight excluding hydrogens is 476 g/mol. The number of aromatic amines is 1.